The Labute approximate surface area is 112 Å². The average Bonchev–Trinajstić information content (AvgIpc) is 2.85. The highest BCUT2D eigenvalue weighted by Gasteiger charge is 2.11. The molecule has 0 atom stereocenters. The van der Waals surface area contributed by atoms with Gasteiger partial charge in [-0.1, -0.05) is 18.2 Å². The summed E-state index contributed by atoms with van der Waals surface area (Å²) in [5.74, 6) is -0.171. The number of aryl methyl sites for hydroxylation is 2. The van der Waals surface area contributed by atoms with Gasteiger partial charge in [0.05, 0.1) is 0 Å². The number of fused-ring (bicyclic) bond motifs is 1. The summed E-state index contributed by atoms with van der Waals surface area (Å²) in [6.07, 6.45) is 3.54. The number of ether oxygens (including phenoxy) is 1. The molecule has 2 aromatic carbocycles. The van der Waals surface area contributed by atoms with E-state index in [2.05, 4.69) is 18.2 Å². The summed E-state index contributed by atoms with van der Waals surface area (Å²) in [5, 5.41) is 0. The first-order valence-electron chi connectivity index (χ1n) is 6.51. The van der Waals surface area contributed by atoms with E-state index in [9.17, 15) is 4.39 Å². The second-order valence-corrected chi connectivity index (χ2v) is 4.94. The first-order valence-corrected chi connectivity index (χ1v) is 6.51. The Kier molecular flexibility index (Phi) is 3.11. The molecule has 2 N–H and O–H groups in total. The molecule has 0 amide bonds. The molecule has 0 unspecified atom stereocenters. The van der Waals surface area contributed by atoms with Gasteiger partial charge in [0.1, 0.15) is 6.61 Å². The lowest BCUT2D eigenvalue weighted by atomic mass is 10.1. The fourth-order valence-corrected chi connectivity index (χ4v) is 2.51. The molecule has 3 rings (SSSR count). The SMILES string of the molecule is Nc1ccc(OCc2ccc3c(c2)CCC3)c(F)c1. The lowest BCUT2D eigenvalue weighted by molar-refractivity contribution is 0.290. The maximum absolute atomic E-state index is 13.6. The maximum atomic E-state index is 13.6. The van der Waals surface area contributed by atoms with Crippen molar-refractivity contribution in [2.75, 3.05) is 5.73 Å². The van der Waals surface area contributed by atoms with Gasteiger partial charge in [-0.2, -0.15) is 0 Å². The van der Waals surface area contributed by atoms with Crippen LogP contribution in [0.15, 0.2) is 36.4 Å². The molecule has 0 saturated heterocycles. The van der Waals surface area contributed by atoms with E-state index in [0.29, 0.717) is 12.3 Å². The quantitative estimate of drug-likeness (QED) is 0.854. The predicted molar refractivity (Wildman–Crippen MR) is 73.6 cm³/mol. The van der Waals surface area contributed by atoms with Crippen molar-refractivity contribution in [3.05, 3.63) is 58.9 Å². The fourth-order valence-electron chi connectivity index (χ4n) is 2.51. The van der Waals surface area contributed by atoms with Crippen molar-refractivity contribution in [3.8, 4) is 5.75 Å². The summed E-state index contributed by atoms with van der Waals surface area (Å²) in [6, 6.07) is 10.9. The van der Waals surface area contributed by atoms with Crippen LogP contribution in [-0.4, -0.2) is 0 Å². The summed E-state index contributed by atoms with van der Waals surface area (Å²) in [6.45, 7) is 0.383. The zero-order valence-electron chi connectivity index (χ0n) is 10.7. The van der Waals surface area contributed by atoms with E-state index in [1.807, 2.05) is 0 Å². The maximum Gasteiger partial charge on any atom is 0.167 e. The number of nitrogen functional groups attached to an aromatic ring is 1. The van der Waals surface area contributed by atoms with Gasteiger partial charge in [0.2, 0.25) is 0 Å². The Morgan fingerprint density at radius 1 is 1.05 bits per heavy atom. The molecule has 2 nitrogen and oxygen atoms in total. The molecule has 1 aliphatic carbocycles. The van der Waals surface area contributed by atoms with E-state index < -0.39 is 5.82 Å². The van der Waals surface area contributed by atoms with Crippen LogP contribution in [-0.2, 0) is 19.4 Å². The molecule has 98 valence electrons. The Balaban J connectivity index is 1.72. The molecule has 0 aromatic heterocycles. The zero-order chi connectivity index (χ0) is 13.2. The Morgan fingerprint density at radius 3 is 2.74 bits per heavy atom. The summed E-state index contributed by atoms with van der Waals surface area (Å²) >= 11 is 0. The van der Waals surface area contributed by atoms with Crippen molar-refractivity contribution in [1.82, 2.24) is 0 Å². The number of hydrogen-bond acceptors (Lipinski definition) is 2. The Morgan fingerprint density at radius 2 is 1.89 bits per heavy atom. The van der Waals surface area contributed by atoms with Crippen LogP contribution in [0.1, 0.15) is 23.1 Å². The number of hydrogen-bond donors (Lipinski definition) is 1. The lowest BCUT2D eigenvalue weighted by Crippen LogP contribution is -1.99. The molecular weight excluding hydrogens is 241 g/mol. The van der Waals surface area contributed by atoms with Gasteiger partial charge in [-0.15, -0.1) is 0 Å². The minimum Gasteiger partial charge on any atom is -0.486 e. The van der Waals surface area contributed by atoms with Crippen molar-refractivity contribution in [1.29, 1.82) is 0 Å². The number of benzene rings is 2. The van der Waals surface area contributed by atoms with Crippen molar-refractivity contribution in [2.45, 2.75) is 25.9 Å². The van der Waals surface area contributed by atoms with Crippen LogP contribution in [0.25, 0.3) is 0 Å². The van der Waals surface area contributed by atoms with Gasteiger partial charge in [0.15, 0.2) is 11.6 Å². The van der Waals surface area contributed by atoms with Gasteiger partial charge in [-0.25, -0.2) is 4.39 Å². The predicted octanol–water partition coefficient (Wildman–Crippen LogP) is 3.48. The molecule has 2 aromatic rings. The number of anilines is 1. The Hall–Kier alpha value is -2.03. The molecule has 0 radical (unpaired) electrons. The van der Waals surface area contributed by atoms with E-state index in [-0.39, 0.29) is 5.75 Å². The van der Waals surface area contributed by atoms with Crippen LogP contribution in [0.4, 0.5) is 10.1 Å². The number of halogens is 1. The van der Waals surface area contributed by atoms with Crippen molar-refractivity contribution >= 4 is 5.69 Å². The molecule has 0 saturated carbocycles. The monoisotopic (exact) mass is 257 g/mol. The highest BCUT2D eigenvalue weighted by molar-refractivity contribution is 5.43. The van der Waals surface area contributed by atoms with E-state index in [1.54, 1.807) is 12.1 Å². The smallest absolute Gasteiger partial charge is 0.167 e. The first kappa shape index (κ1) is 12.0. The fraction of sp³-hybridized carbons (Fsp3) is 0.250. The second kappa shape index (κ2) is 4.92. The van der Waals surface area contributed by atoms with Gasteiger partial charge in [-0.3, -0.25) is 0 Å². The third-order valence-corrected chi connectivity index (χ3v) is 3.51. The van der Waals surface area contributed by atoms with Crippen LogP contribution in [0, 0.1) is 5.82 Å². The van der Waals surface area contributed by atoms with Crippen molar-refractivity contribution < 1.29 is 9.13 Å². The normalized spacial score (nSPS) is 13.3. The summed E-state index contributed by atoms with van der Waals surface area (Å²) in [5.41, 5.74) is 9.82. The molecule has 19 heavy (non-hydrogen) atoms. The summed E-state index contributed by atoms with van der Waals surface area (Å²) < 4.78 is 19.1. The van der Waals surface area contributed by atoms with Crippen LogP contribution in [0.2, 0.25) is 0 Å². The van der Waals surface area contributed by atoms with E-state index in [4.69, 9.17) is 10.5 Å². The molecule has 0 bridgehead atoms. The molecule has 1 aliphatic rings. The zero-order valence-corrected chi connectivity index (χ0v) is 10.7. The summed E-state index contributed by atoms with van der Waals surface area (Å²) in [7, 11) is 0. The molecule has 0 spiro atoms. The third-order valence-electron chi connectivity index (χ3n) is 3.51. The third kappa shape index (κ3) is 2.55. The van der Waals surface area contributed by atoms with Crippen LogP contribution in [0.5, 0.6) is 5.75 Å². The van der Waals surface area contributed by atoms with Gasteiger partial charge in [-0.05, 0) is 48.1 Å². The lowest BCUT2D eigenvalue weighted by Gasteiger charge is -2.09. The first-order chi connectivity index (χ1) is 9.22. The van der Waals surface area contributed by atoms with Gasteiger partial charge >= 0.3 is 0 Å². The van der Waals surface area contributed by atoms with E-state index >= 15 is 0 Å². The molecule has 0 aliphatic heterocycles. The largest absolute Gasteiger partial charge is 0.486 e. The van der Waals surface area contributed by atoms with Crippen LogP contribution < -0.4 is 10.5 Å². The van der Waals surface area contributed by atoms with Crippen molar-refractivity contribution in [3.63, 3.8) is 0 Å². The topological polar surface area (TPSA) is 35.2 Å². The van der Waals surface area contributed by atoms with E-state index in [1.165, 1.54) is 30.0 Å². The van der Waals surface area contributed by atoms with Gasteiger partial charge in [0, 0.05) is 11.8 Å². The number of rotatable bonds is 3. The van der Waals surface area contributed by atoms with Crippen LogP contribution >= 0.6 is 0 Å². The second-order valence-electron chi connectivity index (χ2n) is 4.94. The highest BCUT2D eigenvalue weighted by atomic mass is 19.1. The molecule has 3 heteroatoms. The van der Waals surface area contributed by atoms with E-state index in [0.717, 1.165) is 12.0 Å². The number of nitrogens with two attached hydrogens (primary N) is 1. The standard InChI is InChI=1S/C16H16FNO/c17-15-9-14(18)6-7-16(15)19-10-11-4-5-12-2-1-3-13(12)8-11/h4-9H,1-3,10,18H2. The van der Waals surface area contributed by atoms with Crippen LogP contribution in [0.3, 0.4) is 0 Å². The minimum atomic E-state index is -0.416. The van der Waals surface area contributed by atoms with Gasteiger partial charge < -0.3 is 10.5 Å². The Bertz CT molecular complexity index is 610. The van der Waals surface area contributed by atoms with Crippen molar-refractivity contribution in [2.24, 2.45) is 0 Å². The average molecular weight is 257 g/mol. The minimum absolute atomic E-state index is 0.245. The summed E-state index contributed by atoms with van der Waals surface area (Å²) in [4.78, 5) is 0. The highest BCUT2D eigenvalue weighted by Crippen LogP contribution is 2.24. The molecule has 0 fully saturated rings. The molecule has 0 heterocycles. The van der Waals surface area contributed by atoms with Gasteiger partial charge in [0.25, 0.3) is 0 Å². The molecular formula is C16H16FNO.